The monoisotopic (exact) mass is 294 g/mol. The van der Waals surface area contributed by atoms with Crippen LogP contribution in [-0.4, -0.2) is 48.6 Å². The molecule has 0 saturated heterocycles. The number of oxazole rings is 1. The second-order valence-corrected chi connectivity index (χ2v) is 7.55. The normalized spacial score (nSPS) is 17.9. The van der Waals surface area contributed by atoms with E-state index in [-0.39, 0.29) is 11.1 Å². The predicted molar refractivity (Wildman–Crippen MR) is 86.6 cm³/mol. The number of rotatable bonds is 6. The molecule has 1 N–H and O–H groups in total. The number of anilines is 1. The third-order valence-electron chi connectivity index (χ3n) is 4.43. The lowest BCUT2D eigenvalue weighted by molar-refractivity contribution is 0.0673. The summed E-state index contributed by atoms with van der Waals surface area (Å²) in [5, 5.41) is 3.43. The van der Waals surface area contributed by atoms with Crippen LogP contribution in [0.4, 0.5) is 6.01 Å². The Morgan fingerprint density at radius 3 is 2.43 bits per heavy atom. The Morgan fingerprint density at radius 1 is 1.29 bits per heavy atom. The third-order valence-corrected chi connectivity index (χ3v) is 4.43. The third kappa shape index (κ3) is 3.98. The Morgan fingerprint density at radius 2 is 1.95 bits per heavy atom. The van der Waals surface area contributed by atoms with E-state index in [9.17, 15) is 0 Å². The maximum Gasteiger partial charge on any atom is 0.297 e. The number of likely N-dealkylation sites (N-methyl/N-ethyl adjacent to an activating group) is 2. The first-order chi connectivity index (χ1) is 9.72. The van der Waals surface area contributed by atoms with Crippen LogP contribution in [0.2, 0.25) is 0 Å². The summed E-state index contributed by atoms with van der Waals surface area (Å²) < 4.78 is 5.64. The van der Waals surface area contributed by atoms with Gasteiger partial charge in [0.2, 0.25) is 0 Å². The molecule has 1 aromatic heterocycles. The van der Waals surface area contributed by atoms with E-state index in [4.69, 9.17) is 4.42 Å². The number of nitrogens with zero attached hydrogens (tertiary/aromatic N) is 3. The van der Waals surface area contributed by atoms with Crippen molar-refractivity contribution in [3.8, 4) is 0 Å². The zero-order valence-electron chi connectivity index (χ0n) is 14.4. The summed E-state index contributed by atoms with van der Waals surface area (Å²) in [5.74, 6) is 0. The van der Waals surface area contributed by atoms with Crippen LogP contribution in [0, 0.1) is 0 Å². The van der Waals surface area contributed by atoms with Gasteiger partial charge in [-0.1, -0.05) is 0 Å². The van der Waals surface area contributed by atoms with Gasteiger partial charge in [-0.15, -0.1) is 0 Å². The molecule has 0 amide bonds. The van der Waals surface area contributed by atoms with E-state index in [1.165, 1.54) is 19.3 Å². The highest BCUT2D eigenvalue weighted by atomic mass is 16.4. The lowest BCUT2D eigenvalue weighted by atomic mass is 9.75. The van der Waals surface area contributed by atoms with Crippen molar-refractivity contribution in [2.24, 2.45) is 0 Å². The van der Waals surface area contributed by atoms with E-state index in [0.29, 0.717) is 6.01 Å². The SMILES string of the molecule is CN(CC1(N(C)C)CCC1)c1nc(CNC(C)(C)C)co1. The summed E-state index contributed by atoms with van der Waals surface area (Å²) in [6.45, 7) is 8.15. The van der Waals surface area contributed by atoms with Gasteiger partial charge >= 0.3 is 0 Å². The second kappa shape index (κ2) is 5.97. The highest BCUT2D eigenvalue weighted by Crippen LogP contribution is 2.37. The van der Waals surface area contributed by atoms with Crippen molar-refractivity contribution in [3.05, 3.63) is 12.0 Å². The molecule has 1 fully saturated rings. The van der Waals surface area contributed by atoms with E-state index in [2.05, 4.69) is 62.0 Å². The van der Waals surface area contributed by atoms with Gasteiger partial charge in [-0.05, 0) is 54.1 Å². The van der Waals surface area contributed by atoms with Crippen molar-refractivity contribution in [3.63, 3.8) is 0 Å². The van der Waals surface area contributed by atoms with Crippen molar-refractivity contribution in [2.75, 3.05) is 32.6 Å². The highest BCUT2D eigenvalue weighted by Gasteiger charge is 2.40. The average molecular weight is 294 g/mol. The molecule has 0 spiro atoms. The lowest BCUT2D eigenvalue weighted by Gasteiger charge is -2.48. The van der Waals surface area contributed by atoms with Gasteiger partial charge in [0.15, 0.2) is 0 Å². The van der Waals surface area contributed by atoms with Gasteiger partial charge in [0.1, 0.15) is 6.26 Å². The summed E-state index contributed by atoms with van der Waals surface area (Å²) in [7, 11) is 6.40. The number of hydrogen-bond acceptors (Lipinski definition) is 5. The predicted octanol–water partition coefficient (Wildman–Crippen LogP) is 2.48. The number of nitrogens with one attached hydrogen (secondary N) is 1. The van der Waals surface area contributed by atoms with Gasteiger partial charge in [-0.25, -0.2) is 0 Å². The second-order valence-electron chi connectivity index (χ2n) is 7.55. The minimum Gasteiger partial charge on any atom is -0.432 e. The summed E-state index contributed by atoms with van der Waals surface area (Å²) in [5.41, 5.74) is 1.33. The molecule has 1 aliphatic carbocycles. The minimum atomic E-state index is 0.0892. The van der Waals surface area contributed by atoms with Crippen LogP contribution >= 0.6 is 0 Å². The van der Waals surface area contributed by atoms with Gasteiger partial charge in [0.25, 0.3) is 6.01 Å². The molecule has 0 bridgehead atoms. The molecule has 0 unspecified atom stereocenters. The quantitative estimate of drug-likeness (QED) is 0.873. The zero-order chi connectivity index (χ0) is 15.7. The van der Waals surface area contributed by atoms with Crippen LogP contribution < -0.4 is 10.2 Å². The average Bonchev–Trinajstić information content (AvgIpc) is 2.78. The molecular formula is C16H30N4O. The van der Waals surface area contributed by atoms with Crippen LogP contribution in [-0.2, 0) is 6.54 Å². The van der Waals surface area contributed by atoms with Crippen LogP contribution in [0.15, 0.2) is 10.7 Å². The summed E-state index contributed by atoms with van der Waals surface area (Å²) in [6.07, 6.45) is 5.58. The fourth-order valence-corrected chi connectivity index (χ4v) is 2.75. The first-order valence-electron chi connectivity index (χ1n) is 7.80. The Labute approximate surface area is 128 Å². The van der Waals surface area contributed by atoms with Crippen LogP contribution in [0.25, 0.3) is 0 Å². The van der Waals surface area contributed by atoms with Crippen molar-refractivity contribution < 1.29 is 4.42 Å². The Hall–Kier alpha value is -1.07. The van der Waals surface area contributed by atoms with E-state index in [1.54, 1.807) is 6.26 Å². The fourth-order valence-electron chi connectivity index (χ4n) is 2.75. The number of hydrogen-bond donors (Lipinski definition) is 1. The van der Waals surface area contributed by atoms with Crippen molar-refractivity contribution in [2.45, 2.75) is 57.7 Å². The largest absolute Gasteiger partial charge is 0.432 e. The molecule has 21 heavy (non-hydrogen) atoms. The lowest BCUT2D eigenvalue weighted by Crippen LogP contribution is -2.56. The molecule has 5 nitrogen and oxygen atoms in total. The zero-order valence-corrected chi connectivity index (χ0v) is 14.4. The van der Waals surface area contributed by atoms with Crippen LogP contribution in [0.1, 0.15) is 45.7 Å². The van der Waals surface area contributed by atoms with Crippen molar-refractivity contribution in [1.29, 1.82) is 0 Å². The molecule has 5 heteroatoms. The maximum atomic E-state index is 5.64. The Kier molecular flexibility index (Phi) is 4.63. The van der Waals surface area contributed by atoms with Crippen molar-refractivity contribution in [1.82, 2.24) is 15.2 Å². The minimum absolute atomic E-state index is 0.0892. The molecule has 2 rings (SSSR count). The molecule has 0 aliphatic heterocycles. The molecule has 1 heterocycles. The Bertz CT molecular complexity index is 457. The molecule has 1 aromatic rings. The van der Waals surface area contributed by atoms with E-state index < -0.39 is 0 Å². The van der Waals surface area contributed by atoms with Gasteiger partial charge in [-0.2, -0.15) is 4.98 Å². The topological polar surface area (TPSA) is 44.5 Å². The van der Waals surface area contributed by atoms with Crippen LogP contribution in [0.5, 0.6) is 0 Å². The Balaban J connectivity index is 1.94. The molecule has 120 valence electrons. The standard InChI is InChI=1S/C16H30N4O/c1-15(2,3)17-10-13-11-21-14(18-13)20(6)12-16(19(4)5)8-7-9-16/h11,17H,7-10,12H2,1-6H3. The van der Waals surface area contributed by atoms with Gasteiger partial charge < -0.3 is 19.5 Å². The first-order valence-corrected chi connectivity index (χ1v) is 7.80. The van der Waals surface area contributed by atoms with E-state index >= 15 is 0 Å². The first kappa shape index (κ1) is 16.3. The molecule has 1 aliphatic rings. The highest BCUT2D eigenvalue weighted by molar-refractivity contribution is 5.27. The van der Waals surface area contributed by atoms with Gasteiger partial charge in [0, 0.05) is 31.2 Å². The molecular weight excluding hydrogens is 264 g/mol. The van der Waals surface area contributed by atoms with E-state index in [1.807, 2.05) is 0 Å². The summed E-state index contributed by atoms with van der Waals surface area (Å²) in [6, 6.07) is 0.717. The molecule has 0 aromatic carbocycles. The van der Waals surface area contributed by atoms with Gasteiger partial charge in [0.05, 0.1) is 5.69 Å². The molecule has 0 radical (unpaired) electrons. The molecule has 0 atom stereocenters. The summed E-state index contributed by atoms with van der Waals surface area (Å²) in [4.78, 5) is 9.08. The molecule has 1 saturated carbocycles. The maximum absolute atomic E-state index is 5.64. The van der Waals surface area contributed by atoms with Gasteiger partial charge in [-0.3, -0.25) is 0 Å². The van der Waals surface area contributed by atoms with E-state index in [0.717, 1.165) is 18.8 Å². The fraction of sp³-hybridized carbons (Fsp3) is 0.812. The van der Waals surface area contributed by atoms with Crippen LogP contribution in [0.3, 0.4) is 0 Å². The summed E-state index contributed by atoms with van der Waals surface area (Å²) >= 11 is 0. The smallest absolute Gasteiger partial charge is 0.297 e. The van der Waals surface area contributed by atoms with Crippen molar-refractivity contribution >= 4 is 6.01 Å². The number of aromatic nitrogens is 1.